The maximum Gasteiger partial charge on any atom is 0.273 e. The van der Waals surface area contributed by atoms with Gasteiger partial charge in [0, 0.05) is 24.7 Å². The maximum atomic E-state index is 12.7. The average molecular weight is 312 g/mol. The van der Waals surface area contributed by atoms with Gasteiger partial charge in [-0.05, 0) is 25.8 Å². The molecular formula is C14H20N2O4S. The Morgan fingerprint density at radius 2 is 1.86 bits per heavy atom. The predicted molar refractivity (Wildman–Crippen MR) is 79.7 cm³/mol. The molecule has 0 radical (unpaired) electrons. The summed E-state index contributed by atoms with van der Waals surface area (Å²) in [7, 11) is -2.12. The number of rotatable bonds is 4. The number of sulfonamides is 1. The molecule has 0 N–H and O–H groups in total. The fourth-order valence-corrected chi connectivity index (χ4v) is 4.53. The van der Waals surface area contributed by atoms with Crippen molar-refractivity contribution in [1.82, 2.24) is 4.31 Å². The molecule has 6 nitrogen and oxygen atoms in total. The molecule has 0 atom stereocenters. The average Bonchev–Trinajstić information content (AvgIpc) is 2.47. The quantitative estimate of drug-likeness (QED) is 0.632. The molecule has 0 spiro atoms. The van der Waals surface area contributed by atoms with Crippen molar-refractivity contribution in [2.24, 2.45) is 0 Å². The van der Waals surface area contributed by atoms with Crippen molar-refractivity contribution >= 4 is 15.7 Å². The lowest BCUT2D eigenvalue weighted by molar-refractivity contribution is -0.385. The monoisotopic (exact) mass is 312 g/mol. The third-order valence-corrected chi connectivity index (χ3v) is 6.25. The largest absolute Gasteiger partial charge is 0.273 e. The topological polar surface area (TPSA) is 80.5 Å². The van der Waals surface area contributed by atoms with E-state index in [1.165, 1.54) is 29.4 Å². The molecule has 1 saturated carbocycles. The van der Waals surface area contributed by atoms with Gasteiger partial charge in [0.1, 0.15) is 0 Å². The lowest BCUT2D eigenvalue weighted by atomic mass is 9.96. The van der Waals surface area contributed by atoms with Crippen LogP contribution >= 0.6 is 0 Å². The van der Waals surface area contributed by atoms with E-state index in [2.05, 4.69) is 0 Å². The molecule has 0 bridgehead atoms. The van der Waals surface area contributed by atoms with Gasteiger partial charge in [0.2, 0.25) is 10.0 Å². The highest BCUT2D eigenvalue weighted by Crippen LogP contribution is 2.30. The molecule has 116 valence electrons. The summed E-state index contributed by atoms with van der Waals surface area (Å²) in [4.78, 5) is 10.5. The third kappa shape index (κ3) is 3.08. The van der Waals surface area contributed by atoms with Gasteiger partial charge in [-0.2, -0.15) is 4.31 Å². The highest BCUT2D eigenvalue weighted by Gasteiger charge is 2.31. The Morgan fingerprint density at radius 3 is 2.43 bits per heavy atom. The van der Waals surface area contributed by atoms with Crippen LogP contribution in [0.3, 0.4) is 0 Å². The Bertz CT molecular complexity index is 636. The van der Waals surface area contributed by atoms with Crippen LogP contribution in [0.2, 0.25) is 0 Å². The van der Waals surface area contributed by atoms with Crippen molar-refractivity contribution in [3.05, 3.63) is 33.9 Å². The second kappa shape index (κ2) is 6.11. The molecule has 1 aliphatic carbocycles. The summed E-state index contributed by atoms with van der Waals surface area (Å²) in [6.07, 6.45) is 4.89. The molecule has 7 heteroatoms. The zero-order valence-electron chi connectivity index (χ0n) is 12.3. The normalized spacial score (nSPS) is 17.1. The van der Waals surface area contributed by atoms with Crippen LogP contribution < -0.4 is 0 Å². The highest BCUT2D eigenvalue weighted by atomic mass is 32.2. The summed E-state index contributed by atoms with van der Waals surface area (Å²) in [5, 5.41) is 11.0. The van der Waals surface area contributed by atoms with Crippen LogP contribution in [0.1, 0.15) is 37.7 Å². The van der Waals surface area contributed by atoms with Crippen molar-refractivity contribution < 1.29 is 13.3 Å². The number of nitrogens with zero attached hydrogens (tertiary/aromatic N) is 2. The number of benzene rings is 1. The van der Waals surface area contributed by atoms with E-state index >= 15 is 0 Å². The third-order valence-electron chi connectivity index (χ3n) is 4.20. The summed E-state index contributed by atoms with van der Waals surface area (Å²) < 4.78 is 26.8. The van der Waals surface area contributed by atoms with Crippen LogP contribution in [0.15, 0.2) is 23.1 Å². The Balaban J connectivity index is 2.39. The molecule has 1 aliphatic rings. The van der Waals surface area contributed by atoms with E-state index in [9.17, 15) is 18.5 Å². The molecular weight excluding hydrogens is 292 g/mol. The van der Waals surface area contributed by atoms with E-state index < -0.39 is 14.9 Å². The van der Waals surface area contributed by atoms with E-state index in [0.717, 1.165) is 32.1 Å². The molecule has 0 amide bonds. The zero-order chi connectivity index (χ0) is 15.6. The molecule has 1 aromatic rings. The van der Waals surface area contributed by atoms with E-state index in [1.807, 2.05) is 0 Å². The Kier molecular flexibility index (Phi) is 4.63. The molecule has 1 aromatic carbocycles. The van der Waals surface area contributed by atoms with Gasteiger partial charge in [-0.15, -0.1) is 0 Å². The first-order valence-corrected chi connectivity index (χ1v) is 8.51. The lowest BCUT2D eigenvalue weighted by Gasteiger charge is -2.30. The smallest absolute Gasteiger partial charge is 0.258 e. The first-order valence-electron chi connectivity index (χ1n) is 7.07. The van der Waals surface area contributed by atoms with Crippen LogP contribution in [-0.2, 0) is 10.0 Å². The van der Waals surface area contributed by atoms with Crippen molar-refractivity contribution in [2.75, 3.05) is 7.05 Å². The van der Waals surface area contributed by atoms with E-state index in [4.69, 9.17) is 0 Å². The van der Waals surface area contributed by atoms with Gasteiger partial charge in [0.05, 0.1) is 9.82 Å². The molecule has 21 heavy (non-hydrogen) atoms. The van der Waals surface area contributed by atoms with Crippen LogP contribution in [0.5, 0.6) is 0 Å². The molecule has 0 aromatic heterocycles. The van der Waals surface area contributed by atoms with Crippen molar-refractivity contribution in [3.8, 4) is 0 Å². The van der Waals surface area contributed by atoms with Gasteiger partial charge in [0.15, 0.2) is 0 Å². The Hall–Kier alpha value is -1.47. The minimum absolute atomic E-state index is 0.0117. The molecule has 0 heterocycles. The minimum Gasteiger partial charge on any atom is -0.258 e. The van der Waals surface area contributed by atoms with Gasteiger partial charge >= 0.3 is 0 Å². The van der Waals surface area contributed by atoms with Gasteiger partial charge in [-0.25, -0.2) is 8.42 Å². The fourth-order valence-electron chi connectivity index (χ4n) is 2.88. The summed E-state index contributed by atoms with van der Waals surface area (Å²) in [6.45, 7) is 1.49. The van der Waals surface area contributed by atoms with Crippen molar-refractivity contribution in [2.45, 2.75) is 50.0 Å². The van der Waals surface area contributed by atoms with Crippen LogP contribution in [0, 0.1) is 17.0 Å². The number of nitro benzene ring substituents is 1. The first kappa shape index (κ1) is 15.9. The Labute approximate surface area is 125 Å². The van der Waals surface area contributed by atoms with Gasteiger partial charge in [0.25, 0.3) is 5.69 Å². The summed E-state index contributed by atoms with van der Waals surface area (Å²) in [5.74, 6) is 0. The Morgan fingerprint density at radius 1 is 1.24 bits per heavy atom. The number of hydrogen-bond acceptors (Lipinski definition) is 4. The molecule has 0 unspecified atom stereocenters. The number of nitro groups is 1. The minimum atomic E-state index is -3.70. The van der Waals surface area contributed by atoms with E-state index in [-0.39, 0.29) is 22.2 Å². The molecule has 0 saturated heterocycles. The molecule has 0 aliphatic heterocycles. The molecule has 1 fully saturated rings. The van der Waals surface area contributed by atoms with Crippen LogP contribution in [-0.4, -0.2) is 30.7 Å². The molecule has 2 rings (SSSR count). The van der Waals surface area contributed by atoms with Gasteiger partial charge in [-0.1, -0.05) is 25.3 Å². The number of hydrogen-bond donors (Lipinski definition) is 0. The second-order valence-corrected chi connectivity index (χ2v) is 7.44. The fraction of sp³-hybridized carbons (Fsp3) is 0.571. The van der Waals surface area contributed by atoms with Gasteiger partial charge < -0.3 is 0 Å². The first-order chi connectivity index (χ1) is 9.85. The van der Waals surface area contributed by atoms with Gasteiger partial charge in [-0.3, -0.25) is 10.1 Å². The zero-order valence-corrected chi connectivity index (χ0v) is 13.1. The van der Waals surface area contributed by atoms with E-state index in [0.29, 0.717) is 0 Å². The maximum absolute atomic E-state index is 12.7. The summed E-state index contributed by atoms with van der Waals surface area (Å²) in [5.41, 5.74) is 0.0401. The summed E-state index contributed by atoms with van der Waals surface area (Å²) >= 11 is 0. The summed E-state index contributed by atoms with van der Waals surface area (Å²) in [6, 6.07) is 4.18. The second-order valence-electron chi connectivity index (χ2n) is 5.47. The van der Waals surface area contributed by atoms with Crippen LogP contribution in [0.4, 0.5) is 5.69 Å². The highest BCUT2D eigenvalue weighted by molar-refractivity contribution is 7.89. The lowest BCUT2D eigenvalue weighted by Crippen LogP contribution is -2.38. The van der Waals surface area contributed by atoms with E-state index in [1.54, 1.807) is 7.05 Å². The predicted octanol–water partition coefficient (Wildman–Crippen LogP) is 2.86. The van der Waals surface area contributed by atoms with Crippen LogP contribution in [0.25, 0.3) is 0 Å². The van der Waals surface area contributed by atoms with Crippen molar-refractivity contribution in [1.29, 1.82) is 0 Å². The SMILES string of the molecule is Cc1c([N+](=O)[O-])cccc1S(=O)(=O)N(C)C1CCCCC1. The van der Waals surface area contributed by atoms with Crippen molar-refractivity contribution in [3.63, 3.8) is 0 Å². The standard InChI is InChI=1S/C14H20N2O4S/c1-11-13(16(17)18)9-6-10-14(11)21(19,20)15(2)12-7-4-3-5-8-12/h6,9-10,12H,3-5,7-8H2,1-2H3.